The molecule has 1 aliphatic heterocycles. The van der Waals surface area contributed by atoms with Crippen LogP contribution in [-0.2, 0) is 12.2 Å². The van der Waals surface area contributed by atoms with Crippen LogP contribution in [0.4, 0.5) is 0 Å². The molecule has 0 radical (unpaired) electrons. The fourth-order valence-corrected chi connectivity index (χ4v) is 3.38. The van der Waals surface area contributed by atoms with Crippen molar-refractivity contribution in [1.82, 2.24) is 30.8 Å². The van der Waals surface area contributed by atoms with Crippen molar-refractivity contribution in [2.45, 2.75) is 37.9 Å². The molecule has 8 heteroatoms. The van der Waals surface area contributed by atoms with Gasteiger partial charge in [0.1, 0.15) is 5.69 Å². The number of aryl methyl sites for hydroxylation is 1. The molecule has 1 saturated carbocycles. The maximum Gasteiger partial charge on any atom is 0.197 e. The van der Waals surface area contributed by atoms with Crippen LogP contribution in [-0.4, -0.2) is 26.1 Å². The lowest BCUT2D eigenvalue weighted by Crippen LogP contribution is -2.57. The minimum absolute atomic E-state index is 0.530. The second-order valence-electron chi connectivity index (χ2n) is 7.32. The topological polar surface area (TPSA) is 120 Å². The van der Waals surface area contributed by atoms with Gasteiger partial charge >= 0.3 is 0 Å². The third-order valence-electron chi connectivity index (χ3n) is 5.22. The first kappa shape index (κ1) is 16.1. The van der Waals surface area contributed by atoms with Gasteiger partial charge in [0.2, 0.25) is 0 Å². The van der Waals surface area contributed by atoms with Gasteiger partial charge in [0.15, 0.2) is 11.6 Å². The van der Waals surface area contributed by atoms with Gasteiger partial charge in [-0.15, -0.1) is 0 Å². The van der Waals surface area contributed by atoms with Crippen molar-refractivity contribution in [2.75, 3.05) is 0 Å². The fraction of sp³-hybridized carbons (Fsp3) is 0.316. The van der Waals surface area contributed by atoms with Gasteiger partial charge in [-0.1, -0.05) is 0 Å². The van der Waals surface area contributed by atoms with Crippen LogP contribution in [0.1, 0.15) is 41.3 Å². The fourth-order valence-electron chi connectivity index (χ4n) is 3.38. The summed E-state index contributed by atoms with van der Waals surface area (Å²) in [7, 11) is 0. The van der Waals surface area contributed by atoms with Crippen molar-refractivity contribution in [2.24, 2.45) is 10.7 Å². The van der Waals surface area contributed by atoms with E-state index in [2.05, 4.69) is 54.8 Å². The zero-order valence-corrected chi connectivity index (χ0v) is 15.1. The lowest BCUT2D eigenvalue weighted by Gasteiger charge is -2.30. The summed E-state index contributed by atoms with van der Waals surface area (Å²) in [6.45, 7) is 2.61. The molecular formula is C19H22N8. The summed E-state index contributed by atoms with van der Waals surface area (Å²) in [4.78, 5) is 12.1. The summed E-state index contributed by atoms with van der Waals surface area (Å²) >= 11 is 0. The Labute approximate surface area is 156 Å². The van der Waals surface area contributed by atoms with E-state index < -0.39 is 5.66 Å². The maximum absolute atomic E-state index is 6.55. The molecule has 1 fully saturated rings. The van der Waals surface area contributed by atoms with Crippen molar-refractivity contribution in [3.05, 3.63) is 59.3 Å². The zero-order chi connectivity index (χ0) is 18.4. The van der Waals surface area contributed by atoms with Gasteiger partial charge in [0, 0.05) is 17.8 Å². The molecule has 6 N–H and O–H groups in total. The number of aromatic amines is 2. The largest absolute Gasteiger partial charge is 0.345 e. The molecule has 1 unspecified atom stereocenters. The molecule has 2 aliphatic rings. The van der Waals surface area contributed by atoms with Gasteiger partial charge < -0.3 is 21.4 Å². The van der Waals surface area contributed by atoms with Crippen LogP contribution in [0.2, 0.25) is 0 Å². The van der Waals surface area contributed by atoms with Crippen molar-refractivity contribution < 1.29 is 0 Å². The summed E-state index contributed by atoms with van der Waals surface area (Å²) in [5, 5.41) is 13.9. The number of imidazole rings is 1. The minimum atomic E-state index is -0.880. The number of nitrogens with one attached hydrogen (secondary N) is 4. The average molecular weight is 362 g/mol. The Hall–Kier alpha value is -3.13. The quantitative estimate of drug-likeness (QED) is 0.485. The first-order valence-corrected chi connectivity index (χ1v) is 9.15. The van der Waals surface area contributed by atoms with E-state index in [-0.39, 0.29) is 0 Å². The van der Waals surface area contributed by atoms with E-state index in [0.29, 0.717) is 18.4 Å². The number of nitrogens with two attached hydrogens (primary N) is 1. The van der Waals surface area contributed by atoms with Crippen LogP contribution in [0.15, 0.2) is 41.8 Å². The second-order valence-corrected chi connectivity index (χ2v) is 7.32. The standard InChI is InChI=1S/C19H22N8/c1-11-6-15-16(24-10-23-15)7-13(11)9-22-18-21-5-4-19(20,25-18)17-8-14(26-27-17)12-2-3-12/h4-8,10,12H,2-3,9,20H2,1H3,(H,23,24)(H,26,27)(H2,21,22,25). The predicted octanol–water partition coefficient (Wildman–Crippen LogP) is 1.85. The van der Waals surface area contributed by atoms with Crippen LogP contribution in [0.5, 0.6) is 0 Å². The summed E-state index contributed by atoms with van der Waals surface area (Å²) in [6, 6.07) is 6.21. The van der Waals surface area contributed by atoms with Gasteiger partial charge in [-0.3, -0.25) is 5.10 Å². The first-order valence-electron chi connectivity index (χ1n) is 9.15. The predicted molar refractivity (Wildman–Crippen MR) is 104 cm³/mol. The smallest absolute Gasteiger partial charge is 0.197 e. The van der Waals surface area contributed by atoms with E-state index in [9.17, 15) is 0 Å². The van der Waals surface area contributed by atoms with Crippen LogP contribution in [0.25, 0.3) is 11.0 Å². The normalized spacial score (nSPS) is 23.6. The molecule has 5 rings (SSSR count). The summed E-state index contributed by atoms with van der Waals surface area (Å²) < 4.78 is 0. The Balaban J connectivity index is 1.36. The number of fused-ring (bicyclic) bond motifs is 1. The Bertz CT molecular complexity index is 1050. The molecule has 1 aliphatic carbocycles. The summed E-state index contributed by atoms with van der Waals surface area (Å²) in [5.41, 5.74) is 11.9. The van der Waals surface area contributed by atoms with Crippen LogP contribution in [0, 0.1) is 6.92 Å². The molecule has 8 nitrogen and oxygen atoms in total. The summed E-state index contributed by atoms with van der Waals surface area (Å²) in [6.07, 6.45) is 7.81. The Morgan fingerprint density at radius 2 is 2.19 bits per heavy atom. The number of benzene rings is 1. The van der Waals surface area contributed by atoms with Gasteiger partial charge in [-0.25, -0.2) is 9.98 Å². The number of rotatable bonds is 4. The van der Waals surface area contributed by atoms with Gasteiger partial charge in [0.25, 0.3) is 0 Å². The molecule has 0 bridgehead atoms. The van der Waals surface area contributed by atoms with Crippen LogP contribution in [0.3, 0.4) is 0 Å². The Morgan fingerprint density at radius 1 is 1.30 bits per heavy atom. The van der Waals surface area contributed by atoms with Crippen molar-refractivity contribution in [3.8, 4) is 0 Å². The zero-order valence-electron chi connectivity index (χ0n) is 15.1. The van der Waals surface area contributed by atoms with E-state index in [1.165, 1.54) is 18.4 Å². The molecule has 3 heterocycles. The third-order valence-corrected chi connectivity index (χ3v) is 5.22. The molecule has 1 atom stereocenters. The van der Waals surface area contributed by atoms with Crippen molar-refractivity contribution in [3.63, 3.8) is 0 Å². The van der Waals surface area contributed by atoms with Crippen LogP contribution >= 0.6 is 0 Å². The molecule has 0 saturated heterocycles. The highest BCUT2D eigenvalue weighted by molar-refractivity contribution is 5.83. The van der Waals surface area contributed by atoms with E-state index in [1.807, 2.05) is 18.3 Å². The number of aromatic nitrogens is 4. The highest BCUT2D eigenvalue weighted by atomic mass is 15.3. The number of aliphatic imine (C=N–C) groups is 1. The van der Waals surface area contributed by atoms with E-state index in [0.717, 1.165) is 28.0 Å². The molecule has 27 heavy (non-hydrogen) atoms. The molecule has 138 valence electrons. The van der Waals surface area contributed by atoms with Gasteiger partial charge in [-0.2, -0.15) is 5.10 Å². The Morgan fingerprint density at radius 3 is 3.04 bits per heavy atom. The number of hydrogen-bond acceptors (Lipinski definition) is 4. The molecule has 2 aromatic heterocycles. The molecule has 1 aromatic carbocycles. The van der Waals surface area contributed by atoms with Crippen molar-refractivity contribution in [1.29, 1.82) is 0 Å². The van der Waals surface area contributed by atoms with Crippen LogP contribution < -0.4 is 16.4 Å². The molecule has 0 spiro atoms. The maximum atomic E-state index is 6.55. The lowest BCUT2D eigenvalue weighted by molar-refractivity contribution is 0.483. The van der Waals surface area contributed by atoms with E-state index in [4.69, 9.17) is 5.73 Å². The number of guanidine groups is 1. The highest BCUT2D eigenvalue weighted by Crippen LogP contribution is 2.39. The second kappa shape index (κ2) is 5.95. The van der Waals surface area contributed by atoms with E-state index in [1.54, 1.807) is 6.33 Å². The Kier molecular flexibility index (Phi) is 3.54. The minimum Gasteiger partial charge on any atom is -0.345 e. The monoisotopic (exact) mass is 362 g/mol. The molecule has 0 amide bonds. The lowest BCUT2D eigenvalue weighted by atomic mass is 10.1. The van der Waals surface area contributed by atoms with Crippen molar-refractivity contribution >= 4 is 17.0 Å². The molecular weight excluding hydrogens is 340 g/mol. The number of nitrogens with zero attached hydrogens (tertiary/aromatic N) is 3. The van der Waals surface area contributed by atoms with Gasteiger partial charge in [-0.05, 0) is 55.2 Å². The SMILES string of the molecule is Cc1cc2[nH]cnc2cc1CN=C1NC=CC(N)(c2cc(C3CC3)[nH]n2)N1. The highest BCUT2D eigenvalue weighted by Gasteiger charge is 2.33. The van der Waals surface area contributed by atoms with Gasteiger partial charge in [0.05, 0.1) is 23.9 Å². The van der Waals surface area contributed by atoms with E-state index >= 15 is 0 Å². The summed E-state index contributed by atoms with van der Waals surface area (Å²) in [5.74, 6) is 1.23. The third kappa shape index (κ3) is 2.97. The number of hydrogen-bond donors (Lipinski definition) is 5. The first-order chi connectivity index (χ1) is 13.1. The average Bonchev–Trinajstić information content (AvgIpc) is 3.20. The molecule has 3 aromatic rings. The number of H-pyrrole nitrogens is 2.